The summed E-state index contributed by atoms with van der Waals surface area (Å²) in [5.74, 6) is -1.28. The molecule has 0 bridgehead atoms. The first-order chi connectivity index (χ1) is 16.2. The summed E-state index contributed by atoms with van der Waals surface area (Å²) in [5, 5.41) is 4.70. The fourth-order valence-corrected chi connectivity index (χ4v) is 3.42. The van der Waals surface area contributed by atoms with Crippen LogP contribution in [0.2, 0.25) is 0 Å². The number of benzene rings is 1. The van der Waals surface area contributed by atoms with E-state index in [0.717, 1.165) is 12.8 Å². The van der Waals surface area contributed by atoms with Crippen molar-refractivity contribution in [3.05, 3.63) is 29.7 Å². The van der Waals surface area contributed by atoms with Gasteiger partial charge in [-0.3, -0.25) is 19.7 Å². The van der Waals surface area contributed by atoms with Crippen molar-refractivity contribution in [3.63, 3.8) is 0 Å². The van der Waals surface area contributed by atoms with Crippen LogP contribution in [0.15, 0.2) is 22.6 Å². The molecule has 2 aromatic rings. The van der Waals surface area contributed by atoms with Gasteiger partial charge in [-0.15, -0.1) is 12.4 Å². The van der Waals surface area contributed by atoms with Gasteiger partial charge < -0.3 is 24.9 Å². The molecular weight excluding hydrogens is 490 g/mol. The molecule has 1 aliphatic carbocycles. The first-order valence-electron chi connectivity index (χ1n) is 10.8. The molecule has 2 fully saturated rings. The van der Waals surface area contributed by atoms with Gasteiger partial charge in [-0.05, 0) is 50.3 Å². The van der Waals surface area contributed by atoms with E-state index < -0.39 is 36.4 Å². The maximum atomic E-state index is 12.9. The van der Waals surface area contributed by atoms with Crippen LogP contribution in [0.4, 0.5) is 8.78 Å². The van der Waals surface area contributed by atoms with E-state index in [0.29, 0.717) is 18.1 Å². The smallest absolute Gasteiger partial charge is 0.387 e. The number of nitrogens with two attached hydrogens (primary N) is 1. The van der Waals surface area contributed by atoms with E-state index in [9.17, 15) is 23.2 Å². The first kappa shape index (κ1) is 26.4. The van der Waals surface area contributed by atoms with Crippen molar-refractivity contribution >= 4 is 30.1 Å². The molecule has 13 heteroatoms. The van der Waals surface area contributed by atoms with E-state index in [2.05, 4.69) is 20.4 Å². The second-order valence-electron chi connectivity index (χ2n) is 8.29. The molecule has 1 aliphatic heterocycles. The second kappa shape index (κ2) is 11.0. The van der Waals surface area contributed by atoms with Gasteiger partial charge in [0.05, 0.1) is 12.6 Å². The highest BCUT2D eigenvalue weighted by Gasteiger charge is 2.31. The Balaban J connectivity index is 0.00000342. The van der Waals surface area contributed by atoms with E-state index in [1.54, 1.807) is 6.92 Å². The number of aromatic nitrogens is 1. The highest BCUT2D eigenvalue weighted by molar-refractivity contribution is 6.03. The minimum atomic E-state index is -3.02. The summed E-state index contributed by atoms with van der Waals surface area (Å²) < 4.78 is 41.5. The summed E-state index contributed by atoms with van der Waals surface area (Å²) in [6.07, 6.45) is 2.27. The van der Waals surface area contributed by atoms with Crippen LogP contribution in [0.5, 0.6) is 11.5 Å². The third kappa shape index (κ3) is 6.45. The number of amides is 3. The van der Waals surface area contributed by atoms with Crippen molar-refractivity contribution in [1.82, 2.24) is 15.6 Å². The van der Waals surface area contributed by atoms with E-state index in [-0.39, 0.29) is 54.1 Å². The lowest BCUT2D eigenvalue weighted by atomic mass is 10.1. The normalized spacial score (nSPS) is 18.5. The number of rotatable bonds is 9. The molecule has 4 N–H and O–H groups in total. The van der Waals surface area contributed by atoms with E-state index >= 15 is 0 Å². The summed E-state index contributed by atoms with van der Waals surface area (Å²) in [6.45, 7) is -1.07. The third-order valence-electron chi connectivity index (χ3n) is 5.40. The lowest BCUT2D eigenvalue weighted by molar-refractivity contribution is -0.134. The molecule has 2 aliphatic rings. The number of imide groups is 1. The van der Waals surface area contributed by atoms with Crippen LogP contribution >= 0.6 is 12.4 Å². The summed E-state index contributed by atoms with van der Waals surface area (Å²) in [6, 6.07) is 2.58. The van der Waals surface area contributed by atoms with Gasteiger partial charge in [0, 0.05) is 12.0 Å². The highest BCUT2D eigenvalue weighted by Crippen LogP contribution is 2.37. The third-order valence-corrected chi connectivity index (χ3v) is 5.40. The standard InChI is InChI=1S/C22H24F2N4O6.ClH/c1-10(25)18-17(20(31)26-13-5-7-16(29)27-19(13)30)28-21(34-18)12-4-6-14(33-22(23)24)15(8-12)32-9-11-2-3-11;/h4,6,8,10-11,13,22H,2-3,5,7,9,25H2,1H3,(H,26,31)(H,27,29,30);1H/t10-,13?;/m0./s1. The van der Waals surface area contributed by atoms with E-state index in [4.69, 9.17) is 14.9 Å². The summed E-state index contributed by atoms with van der Waals surface area (Å²) in [4.78, 5) is 40.4. The fourth-order valence-electron chi connectivity index (χ4n) is 3.42. The number of halogens is 3. The molecule has 10 nitrogen and oxygen atoms in total. The number of carbonyl (C=O) groups excluding carboxylic acids is 3. The number of nitrogens with zero attached hydrogens (tertiary/aromatic N) is 1. The number of oxazole rings is 1. The van der Waals surface area contributed by atoms with Crippen LogP contribution in [0.1, 0.15) is 54.9 Å². The number of carbonyl (C=O) groups is 3. The number of nitrogens with one attached hydrogen (secondary N) is 2. The van der Waals surface area contributed by atoms with Crippen molar-refractivity contribution < 1.29 is 37.1 Å². The minimum Gasteiger partial charge on any atom is -0.489 e. The van der Waals surface area contributed by atoms with Crippen LogP contribution in [-0.2, 0) is 9.59 Å². The fraction of sp³-hybridized carbons (Fsp3) is 0.455. The van der Waals surface area contributed by atoms with Crippen LogP contribution in [0.3, 0.4) is 0 Å². The largest absolute Gasteiger partial charge is 0.489 e. The van der Waals surface area contributed by atoms with Crippen LogP contribution in [0, 0.1) is 5.92 Å². The Bertz CT molecular complexity index is 1110. The van der Waals surface area contributed by atoms with Crippen LogP contribution < -0.4 is 25.8 Å². The molecule has 1 saturated heterocycles. The Hall–Kier alpha value is -3.25. The lowest BCUT2D eigenvalue weighted by Crippen LogP contribution is -2.52. The lowest BCUT2D eigenvalue weighted by Gasteiger charge is -2.21. The molecule has 1 unspecified atom stereocenters. The highest BCUT2D eigenvalue weighted by atomic mass is 35.5. The monoisotopic (exact) mass is 514 g/mol. The summed E-state index contributed by atoms with van der Waals surface area (Å²) in [7, 11) is 0. The molecule has 0 radical (unpaired) electrons. The molecule has 190 valence electrons. The van der Waals surface area contributed by atoms with Gasteiger partial charge in [-0.25, -0.2) is 4.98 Å². The topological polar surface area (TPSA) is 146 Å². The van der Waals surface area contributed by atoms with E-state index in [1.165, 1.54) is 18.2 Å². The van der Waals surface area contributed by atoms with Gasteiger partial charge in [-0.1, -0.05) is 0 Å². The zero-order valence-corrected chi connectivity index (χ0v) is 19.5. The number of hydrogen-bond acceptors (Lipinski definition) is 8. The maximum absolute atomic E-state index is 12.9. The molecule has 2 atom stereocenters. The molecule has 2 heterocycles. The predicted octanol–water partition coefficient (Wildman–Crippen LogP) is 2.71. The number of piperidine rings is 1. The van der Waals surface area contributed by atoms with E-state index in [1.807, 2.05) is 0 Å². The van der Waals surface area contributed by atoms with Gasteiger partial charge in [0.15, 0.2) is 23.0 Å². The Morgan fingerprint density at radius 1 is 1.29 bits per heavy atom. The molecule has 4 rings (SSSR count). The summed E-state index contributed by atoms with van der Waals surface area (Å²) >= 11 is 0. The maximum Gasteiger partial charge on any atom is 0.387 e. The van der Waals surface area contributed by atoms with Crippen molar-refractivity contribution in [2.45, 2.75) is 51.3 Å². The zero-order chi connectivity index (χ0) is 24.4. The Labute approximate surface area is 205 Å². The Morgan fingerprint density at radius 2 is 2.03 bits per heavy atom. The van der Waals surface area contributed by atoms with Crippen molar-refractivity contribution in [3.8, 4) is 23.0 Å². The molecule has 0 spiro atoms. The summed E-state index contributed by atoms with van der Waals surface area (Å²) in [5.41, 5.74) is 6.19. The molecule has 35 heavy (non-hydrogen) atoms. The molecular formula is C22H25ClF2N4O6. The van der Waals surface area contributed by atoms with Gasteiger partial charge in [0.25, 0.3) is 5.91 Å². The predicted molar refractivity (Wildman–Crippen MR) is 120 cm³/mol. The number of alkyl halides is 2. The van der Waals surface area contributed by atoms with Gasteiger partial charge in [0.2, 0.25) is 17.7 Å². The van der Waals surface area contributed by atoms with Crippen molar-refractivity contribution in [2.75, 3.05) is 6.61 Å². The molecule has 1 aromatic heterocycles. The SMILES string of the molecule is C[C@H](N)c1oc(-c2ccc(OC(F)F)c(OCC3CC3)c2)nc1C(=O)NC1CCC(=O)NC1=O.Cl. The average molecular weight is 515 g/mol. The molecule has 3 amide bonds. The zero-order valence-electron chi connectivity index (χ0n) is 18.7. The number of ether oxygens (including phenoxy) is 2. The Kier molecular flexibility index (Phi) is 8.28. The van der Waals surface area contributed by atoms with Gasteiger partial charge in [0.1, 0.15) is 6.04 Å². The second-order valence-corrected chi connectivity index (χ2v) is 8.29. The Morgan fingerprint density at radius 3 is 2.66 bits per heavy atom. The van der Waals surface area contributed by atoms with Crippen LogP contribution in [0.25, 0.3) is 11.5 Å². The molecule has 1 aromatic carbocycles. The minimum absolute atomic E-state index is 0. The first-order valence-corrected chi connectivity index (χ1v) is 10.8. The average Bonchev–Trinajstić information content (AvgIpc) is 3.49. The van der Waals surface area contributed by atoms with Gasteiger partial charge >= 0.3 is 6.61 Å². The number of hydrogen-bond donors (Lipinski definition) is 3. The van der Waals surface area contributed by atoms with Crippen molar-refractivity contribution in [2.24, 2.45) is 11.7 Å². The van der Waals surface area contributed by atoms with Crippen LogP contribution in [-0.4, -0.2) is 42.0 Å². The molecule has 1 saturated carbocycles. The van der Waals surface area contributed by atoms with Gasteiger partial charge in [-0.2, -0.15) is 8.78 Å². The quantitative estimate of drug-likeness (QED) is 0.433. The van der Waals surface area contributed by atoms with Crippen molar-refractivity contribution in [1.29, 1.82) is 0 Å².